The van der Waals surface area contributed by atoms with Crippen molar-refractivity contribution in [2.75, 3.05) is 19.6 Å². The Kier molecular flexibility index (Phi) is 6.00. The van der Waals surface area contributed by atoms with Gasteiger partial charge in [-0.1, -0.05) is 6.07 Å². The van der Waals surface area contributed by atoms with Crippen LogP contribution in [0.4, 0.5) is 0 Å². The number of aryl methyl sites for hydroxylation is 1. The average Bonchev–Trinajstić information content (AvgIpc) is 3.22. The minimum Gasteiger partial charge on any atom is -0.352 e. The molecule has 0 bridgehead atoms. The van der Waals surface area contributed by atoms with Gasteiger partial charge in [-0.15, -0.1) is 0 Å². The Morgan fingerprint density at radius 3 is 2.50 bits per heavy atom. The molecule has 26 heavy (non-hydrogen) atoms. The van der Waals surface area contributed by atoms with Gasteiger partial charge in [0.1, 0.15) is 0 Å². The molecule has 1 saturated heterocycles. The number of aromatic nitrogens is 1. The number of nitrogens with one attached hydrogen (secondary N) is 1. The number of amides is 1. The van der Waals surface area contributed by atoms with Crippen molar-refractivity contribution < 1.29 is 13.2 Å². The molecule has 0 aliphatic carbocycles. The van der Waals surface area contributed by atoms with Gasteiger partial charge in [-0.2, -0.15) is 4.31 Å². The fourth-order valence-corrected chi connectivity index (χ4v) is 4.52. The summed E-state index contributed by atoms with van der Waals surface area (Å²) < 4.78 is 26.5. The molecule has 0 spiro atoms. The van der Waals surface area contributed by atoms with E-state index in [1.807, 2.05) is 18.3 Å². The Morgan fingerprint density at radius 1 is 1.12 bits per heavy atom. The maximum atomic E-state index is 12.5. The zero-order valence-corrected chi connectivity index (χ0v) is 15.4. The Morgan fingerprint density at radius 2 is 1.85 bits per heavy atom. The summed E-state index contributed by atoms with van der Waals surface area (Å²) in [6.07, 6.45) is 7.03. The Balaban J connectivity index is 1.52. The fraction of sp³-hybridized carbons (Fsp3) is 0.368. The van der Waals surface area contributed by atoms with Gasteiger partial charge in [0.15, 0.2) is 0 Å². The number of hydrogen-bond acceptors (Lipinski definition) is 4. The minimum absolute atomic E-state index is 0.193. The molecule has 0 radical (unpaired) electrons. The second kappa shape index (κ2) is 8.42. The van der Waals surface area contributed by atoms with Gasteiger partial charge in [0.05, 0.1) is 4.90 Å². The zero-order valence-electron chi connectivity index (χ0n) is 14.6. The molecule has 1 aromatic heterocycles. The van der Waals surface area contributed by atoms with Crippen LogP contribution in [-0.2, 0) is 16.4 Å². The summed E-state index contributed by atoms with van der Waals surface area (Å²) >= 11 is 0. The lowest BCUT2D eigenvalue weighted by atomic mass is 10.1. The van der Waals surface area contributed by atoms with Gasteiger partial charge in [0, 0.05) is 37.6 Å². The Hall–Kier alpha value is -2.25. The molecular weight excluding hydrogens is 350 g/mol. The lowest BCUT2D eigenvalue weighted by molar-refractivity contribution is 0.0953. The first-order valence-electron chi connectivity index (χ1n) is 8.85. The number of benzene rings is 1. The smallest absolute Gasteiger partial charge is 0.251 e. The van der Waals surface area contributed by atoms with Gasteiger partial charge in [0.25, 0.3) is 5.91 Å². The first-order valence-corrected chi connectivity index (χ1v) is 10.3. The van der Waals surface area contributed by atoms with Crippen LogP contribution >= 0.6 is 0 Å². The molecule has 1 amide bonds. The summed E-state index contributed by atoms with van der Waals surface area (Å²) in [5, 5.41) is 2.86. The number of hydrogen-bond donors (Lipinski definition) is 1. The number of carbonyl (C=O) groups is 1. The SMILES string of the molecule is O=C(NCCCc1cccnc1)c1ccc(S(=O)(=O)N2CCCC2)cc1. The highest BCUT2D eigenvalue weighted by Crippen LogP contribution is 2.21. The van der Waals surface area contributed by atoms with E-state index in [2.05, 4.69) is 10.3 Å². The van der Waals surface area contributed by atoms with Crippen molar-refractivity contribution in [1.29, 1.82) is 0 Å². The average molecular weight is 373 g/mol. The van der Waals surface area contributed by atoms with Crippen LogP contribution < -0.4 is 5.32 Å². The second-order valence-electron chi connectivity index (χ2n) is 6.36. The Bertz CT molecular complexity index is 830. The molecule has 138 valence electrons. The monoisotopic (exact) mass is 373 g/mol. The maximum absolute atomic E-state index is 12.5. The molecule has 0 atom stereocenters. The van der Waals surface area contributed by atoms with E-state index in [1.54, 1.807) is 18.3 Å². The Labute approximate surface area is 154 Å². The van der Waals surface area contributed by atoms with Crippen LogP contribution in [0.25, 0.3) is 0 Å². The van der Waals surface area contributed by atoms with E-state index in [0.29, 0.717) is 25.2 Å². The molecule has 3 rings (SSSR count). The highest BCUT2D eigenvalue weighted by atomic mass is 32.2. The largest absolute Gasteiger partial charge is 0.352 e. The summed E-state index contributed by atoms with van der Waals surface area (Å²) in [5.41, 5.74) is 1.60. The molecule has 1 aliphatic heterocycles. The third-order valence-electron chi connectivity index (χ3n) is 4.47. The fourth-order valence-electron chi connectivity index (χ4n) is 3.00. The number of nitrogens with zero attached hydrogens (tertiary/aromatic N) is 2. The van der Waals surface area contributed by atoms with Gasteiger partial charge >= 0.3 is 0 Å². The van der Waals surface area contributed by atoms with Crippen LogP contribution in [-0.4, -0.2) is 43.2 Å². The highest BCUT2D eigenvalue weighted by Gasteiger charge is 2.27. The third kappa shape index (κ3) is 4.47. The summed E-state index contributed by atoms with van der Waals surface area (Å²) in [5.74, 6) is -0.193. The van der Waals surface area contributed by atoms with Crippen LogP contribution in [0.15, 0.2) is 53.7 Å². The number of pyridine rings is 1. The lowest BCUT2D eigenvalue weighted by Crippen LogP contribution is -2.28. The van der Waals surface area contributed by atoms with E-state index in [-0.39, 0.29) is 10.8 Å². The topological polar surface area (TPSA) is 79.4 Å². The van der Waals surface area contributed by atoms with E-state index in [9.17, 15) is 13.2 Å². The normalized spacial score (nSPS) is 15.1. The zero-order chi connectivity index (χ0) is 18.4. The summed E-state index contributed by atoms with van der Waals surface area (Å²) in [6.45, 7) is 1.70. The van der Waals surface area contributed by atoms with Gasteiger partial charge in [-0.05, 0) is 61.6 Å². The first kappa shape index (κ1) is 18.5. The van der Waals surface area contributed by atoms with Gasteiger partial charge in [0.2, 0.25) is 10.0 Å². The van der Waals surface area contributed by atoms with E-state index in [1.165, 1.54) is 16.4 Å². The highest BCUT2D eigenvalue weighted by molar-refractivity contribution is 7.89. The summed E-state index contributed by atoms with van der Waals surface area (Å²) in [7, 11) is -3.44. The maximum Gasteiger partial charge on any atom is 0.251 e. The third-order valence-corrected chi connectivity index (χ3v) is 6.38. The molecule has 6 nitrogen and oxygen atoms in total. The van der Waals surface area contributed by atoms with E-state index in [4.69, 9.17) is 0 Å². The van der Waals surface area contributed by atoms with Crippen LogP contribution in [0, 0.1) is 0 Å². The van der Waals surface area contributed by atoms with E-state index < -0.39 is 10.0 Å². The van der Waals surface area contributed by atoms with E-state index >= 15 is 0 Å². The predicted octanol–water partition coefficient (Wildman–Crippen LogP) is 2.23. The van der Waals surface area contributed by atoms with Crippen LogP contribution in [0.1, 0.15) is 35.2 Å². The van der Waals surface area contributed by atoms with Gasteiger partial charge < -0.3 is 5.32 Å². The van der Waals surface area contributed by atoms with Crippen LogP contribution in [0.3, 0.4) is 0 Å². The first-order chi connectivity index (χ1) is 12.6. The quantitative estimate of drug-likeness (QED) is 0.755. The van der Waals surface area contributed by atoms with Crippen molar-refractivity contribution in [3.05, 3.63) is 59.9 Å². The molecular formula is C19H23N3O3S. The van der Waals surface area contributed by atoms with Crippen LogP contribution in [0.5, 0.6) is 0 Å². The molecule has 1 fully saturated rings. The van der Waals surface area contributed by atoms with Crippen molar-refractivity contribution in [3.8, 4) is 0 Å². The second-order valence-corrected chi connectivity index (χ2v) is 8.29. The lowest BCUT2D eigenvalue weighted by Gasteiger charge is -2.15. The van der Waals surface area contributed by atoms with Gasteiger partial charge in [-0.3, -0.25) is 9.78 Å². The molecule has 0 saturated carbocycles. The minimum atomic E-state index is -3.44. The standard InChI is InChI=1S/C19H23N3O3S/c23-19(21-12-4-6-16-5-3-11-20-15-16)17-7-9-18(10-8-17)26(24,25)22-13-1-2-14-22/h3,5,7-11,15H,1-2,4,6,12-14H2,(H,21,23). The number of carbonyl (C=O) groups excluding carboxylic acids is 1. The summed E-state index contributed by atoms with van der Waals surface area (Å²) in [6, 6.07) is 10.1. The summed E-state index contributed by atoms with van der Waals surface area (Å²) in [4.78, 5) is 16.5. The van der Waals surface area contributed by atoms with Crippen molar-refractivity contribution in [2.24, 2.45) is 0 Å². The molecule has 2 aromatic rings. The molecule has 0 unspecified atom stereocenters. The molecule has 2 heterocycles. The molecule has 1 N–H and O–H groups in total. The molecule has 1 aliphatic rings. The van der Waals surface area contributed by atoms with Crippen molar-refractivity contribution in [3.63, 3.8) is 0 Å². The molecule has 7 heteroatoms. The van der Waals surface area contributed by atoms with Crippen molar-refractivity contribution in [2.45, 2.75) is 30.6 Å². The van der Waals surface area contributed by atoms with Crippen molar-refractivity contribution >= 4 is 15.9 Å². The number of sulfonamides is 1. The molecule has 1 aromatic carbocycles. The van der Waals surface area contributed by atoms with Crippen LogP contribution in [0.2, 0.25) is 0 Å². The predicted molar refractivity (Wildman–Crippen MR) is 99.3 cm³/mol. The van der Waals surface area contributed by atoms with Crippen molar-refractivity contribution in [1.82, 2.24) is 14.6 Å². The van der Waals surface area contributed by atoms with Gasteiger partial charge in [-0.25, -0.2) is 8.42 Å². The number of rotatable bonds is 7. The van der Waals surface area contributed by atoms with E-state index in [0.717, 1.165) is 31.2 Å².